The number of anilines is 1. The topological polar surface area (TPSA) is 73.9 Å². The maximum atomic E-state index is 13.1. The van der Waals surface area contributed by atoms with Gasteiger partial charge in [-0.05, 0) is 67.4 Å². The van der Waals surface area contributed by atoms with Crippen molar-refractivity contribution in [3.05, 3.63) is 70.7 Å². The standard InChI is InChI=1S/C22H22ClNO5S/c1-14-15(2)22(11-10-20(14)28-4)30(25,26)24-19-12-16(23)8-9-21(19)29-18-7-5-6-17(13-18)27-3/h5-13,24H,1-4H3. The molecule has 6 nitrogen and oxygen atoms in total. The van der Waals surface area contributed by atoms with Gasteiger partial charge in [0.15, 0.2) is 5.75 Å². The van der Waals surface area contributed by atoms with Crippen LogP contribution in [-0.2, 0) is 10.0 Å². The van der Waals surface area contributed by atoms with Gasteiger partial charge in [-0.25, -0.2) is 8.42 Å². The van der Waals surface area contributed by atoms with Crippen molar-refractivity contribution in [1.82, 2.24) is 0 Å². The molecule has 30 heavy (non-hydrogen) atoms. The van der Waals surface area contributed by atoms with Gasteiger partial charge in [-0.3, -0.25) is 4.72 Å². The predicted molar refractivity (Wildman–Crippen MR) is 118 cm³/mol. The molecule has 0 aliphatic carbocycles. The van der Waals surface area contributed by atoms with Crippen molar-refractivity contribution in [2.75, 3.05) is 18.9 Å². The Kier molecular flexibility index (Phi) is 6.43. The van der Waals surface area contributed by atoms with Crippen LogP contribution >= 0.6 is 11.6 Å². The van der Waals surface area contributed by atoms with E-state index in [0.717, 1.165) is 5.56 Å². The predicted octanol–water partition coefficient (Wildman–Crippen LogP) is 5.57. The number of ether oxygens (including phenoxy) is 3. The van der Waals surface area contributed by atoms with Gasteiger partial charge < -0.3 is 14.2 Å². The fourth-order valence-corrected chi connectivity index (χ4v) is 4.48. The van der Waals surface area contributed by atoms with E-state index in [1.165, 1.54) is 12.1 Å². The van der Waals surface area contributed by atoms with Crippen LogP contribution in [0.2, 0.25) is 5.02 Å². The zero-order valence-electron chi connectivity index (χ0n) is 17.0. The summed E-state index contributed by atoms with van der Waals surface area (Å²) in [6, 6.07) is 14.9. The van der Waals surface area contributed by atoms with E-state index in [2.05, 4.69) is 4.72 Å². The van der Waals surface area contributed by atoms with Gasteiger partial charge in [-0.1, -0.05) is 17.7 Å². The molecule has 0 spiro atoms. The van der Waals surface area contributed by atoms with Gasteiger partial charge in [0, 0.05) is 11.1 Å². The van der Waals surface area contributed by atoms with E-state index in [0.29, 0.717) is 33.6 Å². The average Bonchev–Trinajstić information content (AvgIpc) is 2.71. The maximum absolute atomic E-state index is 13.1. The van der Waals surface area contributed by atoms with Crippen LogP contribution in [0.15, 0.2) is 59.5 Å². The van der Waals surface area contributed by atoms with E-state index >= 15 is 0 Å². The molecule has 0 fully saturated rings. The van der Waals surface area contributed by atoms with Gasteiger partial charge in [0.25, 0.3) is 10.0 Å². The Morgan fingerprint density at radius 1 is 0.833 bits per heavy atom. The van der Waals surface area contributed by atoms with Crippen LogP contribution in [0.4, 0.5) is 5.69 Å². The Morgan fingerprint density at radius 2 is 1.53 bits per heavy atom. The minimum Gasteiger partial charge on any atom is -0.497 e. The zero-order chi connectivity index (χ0) is 21.9. The normalized spacial score (nSPS) is 11.1. The number of rotatable bonds is 7. The lowest BCUT2D eigenvalue weighted by Gasteiger charge is -2.17. The molecule has 8 heteroatoms. The van der Waals surface area contributed by atoms with Crippen LogP contribution < -0.4 is 18.9 Å². The Labute approximate surface area is 181 Å². The molecule has 3 aromatic rings. The summed E-state index contributed by atoms with van der Waals surface area (Å²) in [4.78, 5) is 0.146. The first-order valence-electron chi connectivity index (χ1n) is 9.03. The molecular weight excluding hydrogens is 426 g/mol. The molecule has 0 aromatic heterocycles. The molecule has 3 aromatic carbocycles. The molecule has 1 N–H and O–H groups in total. The van der Waals surface area contributed by atoms with Gasteiger partial charge in [-0.2, -0.15) is 0 Å². The van der Waals surface area contributed by atoms with Crippen LogP contribution in [0.5, 0.6) is 23.0 Å². The van der Waals surface area contributed by atoms with Crippen molar-refractivity contribution >= 4 is 27.3 Å². The Morgan fingerprint density at radius 3 is 2.23 bits per heavy atom. The second kappa shape index (κ2) is 8.85. The third-order valence-corrected chi connectivity index (χ3v) is 6.40. The van der Waals surface area contributed by atoms with Crippen molar-refractivity contribution < 1.29 is 22.6 Å². The molecule has 0 amide bonds. The smallest absolute Gasteiger partial charge is 0.262 e. The molecule has 0 atom stereocenters. The van der Waals surface area contributed by atoms with Crippen molar-refractivity contribution in [3.8, 4) is 23.0 Å². The lowest BCUT2D eigenvalue weighted by atomic mass is 10.1. The Hall–Kier alpha value is -2.90. The van der Waals surface area contributed by atoms with Crippen molar-refractivity contribution in [2.24, 2.45) is 0 Å². The number of hydrogen-bond donors (Lipinski definition) is 1. The summed E-state index contributed by atoms with van der Waals surface area (Å²) in [5.41, 5.74) is 1.57. The monoisotopic (exact) mass is 447 g/mol. The van der Waals surface area contributed by atoms with Crippen molar-refractivity contribution in [3.63, 3.8) is 0 Å². The third kappa shape index (κ3) is 4.63. The van der Waals surface area contributed by atoms with E-state index in [9.17, 15) is 8.42 Å². The summed E-state index contributed by atoms with van der Waals surface area (Å²) < 4.78 is 45.2. The second-order valence-electron chi connectivity index (χ2n) is 6.54. The van der Waals surface area contributed by atoms with Crippen LogP contribution in [0.25, 0.3) is 0 Å². The van der Waals surface area contributed by atoms with E-state index in [-0.39, 0.29) is 10.6 Å². The summed E-state index contributed by atoms with van der Waals surface area (Å²) in [6.45, 7) is 3.54. The number of benzene rings is 3. The number of nitrogens with one attached hydrogen (secondary N) is 1. The fourth-order valence-electron chi connectivity index (χ4n) is 2.95. The first kappa shape index (κ1) is 21.8. The lowest BCUT2D eigenvalue weighted by molar-refractivity contribution is 0.409. The molecule has 3 rings (SSSR count). The highest BCUT2D eigenvalue weighted by atomic mass is 35.5. The summed E-state index contributed by atoms with van der Waals surface area (Å²) in [6.07, 6.45) is 0. The number of sulfonamides is 1. The van der Waals surface area contributed by atoms with Gasteiger partial charge >= 0.3 is 0 Å². The Bertz CT molecular complexity index is 1180. The number of halogens is 1. The molecule has 158 valence electrons. The molecule has 0 aliphatic heterocycles. The van der Waals surface area contributed by atoms with E-state index in [4.69, 9.17) is 25.8 Å². The highest BCUT2D eigenvalue weighted by Gasteiger charge is 2.21. The van der Waals surface area contributed by atoms with Gasteiger partial charge in [0.2, 0.25) is 0 Å². The lowest BCUT2D eigenvalue weighted by Crippen LogP contribution is -2.15. The van der Waals surface area contributed by atoms with E-state index in [1.807, 2.05) is 6.92 Å². The molecule has 0 unspecified atom stereocenters. The fraction of sp³-hybridized carbons (Fsp3) is 0.182. The largest absolute Gasteiger partial charge is 0.497 e. The molecule has 0 saturated heterocycles. The highest BCUT2D eigenvalue weighted by Crippen LogP contribution is 2.35. The van der Waals surface area contributed by atoms with Crippen LogP contribution in [0.3, 0.4) is 0 Å². The zero-order valence-corrected chi connectivity index (χ0v) is 18.6. The van der Waals surface area contributed by atoms with Crippen molar-refractivity contribution in [1.29, 1.82) is 0 Å². The minimum atomic E-state index is -3.90. The third-order valence-electron chi connectivity index (χ3n) is 4.65. The average molecular weight is 448 g/mol. The van der Waals surface area contributed by atoms with Gasteiger partial charge in [-0.15, -0.1) is 0 Å². The SMILES string of the molecule is COc1cccc(Oc2ccc(Cl)cc2NS(=O)(=O)c2ccc(OC)c(C)c2C)c1. The van der Waals surface area contributed by atoms with Gasteiger partial charge in [0.05, 0.1) is 24.8 Å². The number of methoxy groups -OCH3 is 2. The summed E-state index contributed by atoms with van der Waals surface area (Å²) in [5, 5.41) is 0.369. The quantitative estimate of drug-likeness (QED) is 0.512. The number of hydrogen-bond acceptors (Lipinski definition) is 5. The van der Waals surface area contributed by atoms with Crippen LogP contribution in [-0.4, -0.2) is 22.6 Å². The molecule has 0 heterocycles. The highest BCUT2D eigenvalue weighted by molar-refractivity contribution is 7.92. The minimum absolute atomic E-state index is 0.146. The first-order chi connectivity index (χ1) is 14.2. The molecule has 0 bridgehead atoms. The molecular formula is C22H22ClNO5S. The summed E-state index contributed by atoms with van der Waals surface area (Å²) in [5.74, 6) is 2.04. The van der Waals surface area contributed by atoms with Crippen LogP contribution in [0.1, 0.15) is 11.1 Å². The van der Waals surface area contributed by atoms with Gasteiger partial charge in [0.1, 0.15) is 17.2 Å². The second-order valence-corrected chi connectivity index (χ2v) is 8.63. The van der Waals surface area contributed by atoms with E-state index in [1.54, 1.807) is 63.6 Å². The Balaban J connectivity index is 1.98. The summed E-state index contributed by atoms with van der Waals surface area (Å²) >= 11 is 6.11. The molecule has 0 aliphatic rings. The maximum Gasteiger partial charge on any atom is 0.262 e. The molecule has 0 radical (unpaired) electrons. The summed E-state index contributed by atoms with van der Waals surface area (Å²) in [7, 11) is -0.805. The van der Waals surface area contributed by atoms with Crippen LogP contribution in [0, 0.1) is 13.8 Å². The van der Waals surface area contributed by atoms with E-state index < -0.39 is 10.0 Å². The molecule has 0 saturated carbocycles. The first-order valence-corrected chi connectivity index (χ1v) is 10.9. The van der Waals surface area contributed by atoms with Crippen molar-refractivity contribution in [2.45, 2.75) is 18.7 Å².